The molecule has 1 amide bonds. The summed E-state index contributed by atoms with van der Waals surface area (Å²) < 4.78 is 0. The van der Waals surface area contributed by atoms with E-state index >= 15 is 0 Å². The lowest BCUT2D eigenvalue weighted by molar-refractivity contribution is 0.0680. The van der Waals surface area contributed by atoms with Gasteiger partial charge in [-0.2, -0.15) is 0 Å². The van der Waals surface area contributed by atoms with Crippen LogP contribution in [0.5, 0.6) is 0 Å². The molecule has 7 nitrogen and oxygen atoms in total. The molecule has 0 spiro atoms. The number of unbranched alkanes of at least 4 members (excludes halogenated alkanes) is 2. The fourth-order valence-corrected chi connectivity index (χ4v) is 5.52. The quantitative estimate of drug-likeness (QED) is 0.239. The maximum Gasteiger partial charge on any atom is 0.273 e. The van der Waals surface area contributed by atoms with E-state index < -0.39 is 0 Å². The zero-order valence-electron chi connectivity index (χ0n) is 19.7. The molecule has 1 N–H and O–H groups in total. The Hall–Kier alpha value is -3.39. The average Bonchev–Trinajstić information content (AvgIpc) is 3.57. The van der Waals surface area contributed by atoms with E-state index in [1.165, 1.54) is 11.3 Å². The zero-order valence-corrected chi connectivity index (χ0v) is 20.5. The molecule has 0 aromatic carbocycles. The minimum Gasteiger partial charge on any atom is -0.352 e. The second-order valence-corrected chi connectivity index (χ2v) is 10.0. The van der Waals surface area contributed by atoms with Crippen molar-refractivity contribution in [3.63, 3.8) is 0 Å². The Morgan fingerprint density at radius 2 is 1.91 bits per heavy atom. The predicted molar refractivity (Wildman–Crippen MR) is 137 cm³/mol. The standard InChI is InChI=1S/C27H29N5O2S/c33-25(23-15-21-17-29-12-8-22(21)30-23)7-3-1-2-5-19-9-13-32(14-10-19)27(34)24-18-35-26(31-24)20-6-4-11-28-16-20/h4,6,8,11-12,15-19,30H,1-3,5,7,9-10,13-14H2. The third-order valence-electron chi connectivity index (χ3n) is 6.77. The van der Waals surface area contributed by atoms with Gasteiger partial charge in [0.1, 0.15) is 10.7 Å². The molecule has 0 unspecified atom stereocenters. The monoisotopic (exact) mass is 487 g/mol. The van der Waals surface area contributed by atoms with Crippen LogP contribution >= 0.6 is 11.3 Å². The number of carbonyl (C=O) groups is 2. The Bertz CT molecular complexity index is 1260. The number of ketones is 1. The number of hydrogen-bond donors (Lipinski definition) is 1. The molecule has 5 rings (SSSR count). The molecule has 0 aliphatic carbocycles. The zero-order chi connectivity index (χ0) is 24.0. The van der Waals surface area contributed by atoms with Crippen LogP contribution < -0.4 is 0 Å². The Morgan fingerprint density at radius 1 is 1.06 bits per heavy atom. The predicted octanol–water partition coefficient (Wildman–Crippen LogP) is 5.77. The average molecular weight is 488 g/mol. The summed E-state index contributed by atoms with van der Waals surface area (Å²) in [5.41, 5.74) is 3.10. The molecule has 1 aliphatic heterocycles. The van der Waals surface area contributed by atoms with Gasteiger partial charge in [-0.1, -0.05) is 19.3 Å². The first kappa shape index (κ1) is 23.4. The van der Waals surface area contributed by atoms with E-state index in [9.17, 15) is 9.59 Å². The molecule has 1 aliphatic rings. The molecule has 0 atom stereocenters. The highest BCUT2D eigenvalue weighted by Gasteiger charge is 2.25. The second-order valence-electron chi connectivity index (χ2n) is 9.18. The first-order chi connectivity index (χ1) is 17.2. The molecule has 1 saturated heterocycles. The van der Waals surface area contributed by atoms with Crippen LogP contribution in [-0.2, 0) is 0 Å². The molecule has 5 heterocycles. The summed E-state index contributed by atoms with van der Waals surface area (Å²) in [5, 5.41) is 3.66. The molecule has 0 bridgehead atoms. The van der Waals surface area contributed by atoms with Gasteiger partial charge in [0.15, 0.2) is 5.78 Å². The van der Waals surface area contributed by atoms with Crippen molar-refractivity contribution in [1.29, 1.82) is 0 Å². The van der Waals surface area contributed by atoms with Crippen LogP contribution in [0.15, 0.2) is 54.4 Å². The lowest BCUT2D eigenvalue weighted by atomic mass is 9.91. The first-order valence-corrected chi connectivity index (χ1v) is 13.2. The highest BCUT2D eigenvalue weighted by Crippen LogP contribution is 2.27. The molecule has 0 saturated carbocycles. The van der Waals surface area contributed by atoms with Gasteiger partial charge >= 0.3 is 0 Å². The number of likely N-dealkylation sites (tertiary alicyclic amines) is 1. The fraction of sp³-hybridized carbons (Fsp3) is 0.370. The van der Waals surface area contributed by atoms with Gasteiger partial charge < -0.3 is 9.88 Å². The summed E-state index contributed by atoms with van der Waals surface area (Å²) in [7, 11) is 0. The summed E-state index contributed by atoms with van der Waals surface area (Å²) in [6.07, 6.45) is 13.9. The molecule has 1 fully saturated rings. The third kappa shape index (κ3) is 5.65. The molecular formula is C27H29N5O2S. The molecular weight excluding hydrogens is 458 g/mol. The number of carbonyl (C=O) groups excluding carboxylic acids is 2. The summed E-state index contributed by atoms with van der Waals surface area (Å²) in [4.78, 5) is 43.3. The number of hydrogen-bond acceptors (Lipinski definition) is 6. The van der Waals surface area contributed by atoms with Crippen LogP contribution in [-0.4, -0.2) is 49.6 Å². The minimum absolute atomic E-state index is 0.0288. The number of amides is 1. The normalized spacial score (nSPS) is 14.5. The van der Waals surface area contributed by atoms with E-state index in [2.05, 4.69) is 19.9 Å². The van der Waals surface area contributed by atoms with Crippen molar-refractivity contribution in [1.82, 2.24) is 24.8 Å². The van der Waals surface area contributed by atoms with Crippen LogP contribution in [0, 0.1) is 5.92 Å². The van der Waals surface area contributed by atoms with Gasteiger partial charge in [0, 0.05) is 66.1 Å². The lowest BCUT2D eigenvalue weighted by Crippen LogP contribution is -2.38. The van der Waals surface area contributed by atoms with Gasteiger partial charge in [-0.3, -0.25) is 19.6 Å². The second kappa shape index (κ2) is 10.9. The van der Waals surface area contributed by atoms with Gasteiger partial charge in [0.25, 0.3) is 5.91 Å². The van der Waals surface area contributed by atoms with Crippen molar-refractivity contribution in [2.24, 2.45) is 5.92 Å². The number of H-pyrrole nitrogens is 1. The topological polar surface area (TPSA) is 91.8 Å². The first-order valence-electron chi connectivity index (χ1n) is 12.3. The number of thiazole rings is 1. The Labute approximate surface area is 208 Å². The number of piperidine rings is 1. The molecule has 8 heteroatoms. The van der Waals surface area contributed by atoms with E-state index in [0.717, 1.165) is 73.1 Å². The number of fused-ring (bicyclic) bond motifs is 1. The number of aromatic nitrogens is 4. The van der Waals surface area contributed by atoms with Gasteiger partial charge in [-0.15, -0.1) is 11.3 Å². The van der Waals surface area contributed by atoms with Gasteiger partial charge in [0.05, 0.1) is 5.69 Å². The Kier molecular flexibility index (Phi) is 7.28. The number of nitrogens with one attached hydrogen (secondary N) is 1. The van der Waals surface area contributed by atoms with E-state index in [-0.39, 0.29) is 11.7 Å². The molecule has 4 aromatic heterocycles. The van der Waals surface area contributed by atoms with Crippen molar-refractivity contribution < 1.29 is 9.59 Å². The SMILES string of the molecule is O=C(CCCCCC1CCN(C(=O)c2csc(-c3cccnc3)n2)CC1)c1cc2cnccc2[nH]1. The minimum atomic E-state index is 0.0288. The molecule has 35 heavy (non-hydrogen) atoms. The molecule has 4 aromatic rings. The van der Waals surface area contributed by atoms with Crippen LogP contribution in [0.1, 0.15) is 65.9 Å². The Morgan fingerprint density at radius 3 is 2.71 bits per heavy atom. The molecule has 0 radical (unpaired) electrons. The number of nitrogens with zero attached hydrogens (tertiary/aromatic N) is 4. The summed E-state index contributed by atoms with van der Waals surface area (Å²) in [6, 6.07) is 7.62. The van der Waals surface area contributed by atoms with E-state index in [0.29, 0.717) is 23.7 Å². The van der Waals surface area contributed by atoms with Gasteiger partial charge in [-0.25, -0.2) is 4.98 Å². The number of Topliss-reactive ketones (excluding diaryl/α,β-unsaturated/α-hetero) is 1. The van der Waals surface area contributed by atoms with Gasteiger partial charge in [-0.05, 0) is 49.4 Å². The van der Waals surface area contributed by atoms with Crippen LogP contribution in [0.2, 0.25) is 0 Å². The van der Waals surface area contributed by atoms with Crippen molar-refractivity contribution in [3.05, 3.63) is 65.8 Å². The maximum atomic E-state index is 12.9. The van der Waals surface area contributed by atoms with Crippen molar-refractivity contribution in [3.8, 4) is 10.6 Å². The van der Waals surface area contributed by atoms with Crippen LogP contribution in [0.25, 0.3) is 21.5 Å². The van der Waals surface area contributed by atoms with E-state index in [1.807, 2.05) is 34.5 Å². The van der Waals surface area contributed by atoms with Crippen molar-refractivity contribution in [2.45, 2.75) is 44.9 Å². The summed E-state index contributed by atoms with van der Waals surface area (Å²) in [6.45, 7) is 1.58. The summed E-state index contributed by atoms with van der Waals surface area (Å²) >= 11 is 1.49. The number of pyridine rings is 2. The van der Waals surface area contributed by atoms with Crippen LogP contribution in [0.4, 0.5) is 0 Å². The third-order valence-corrected chi connectivity index (χ3v) is 7.66. The van der Waals surface area contributed by atoms with Crippen molar-refractivity contribution >= 4 is 33.9 Å². The van der Waals surface area contributed by atoms with Crippen LogP contribution in [0.3, 0.4) is 0 Å². The highest BCUT2D eigenvalue weighted by atomic mass is 32.1. The lowest BCUT2D eigenvalue weighted by Gasteiger charge is -2.31. The smallest absolute Gasteiger partial charge is 0.273 e. The van der Waals surface area contributed by atoms with E-state index in [1.54, 1.807) is 24.8 Å². The van der Waals surface area contributed by atoms with E-state index in [4.69, 9.17) is 0 Å². The maximum absolute atomic E-state index is 12.9. The van der Waals surface area contributed by atoms with Crippen molar-refractivity contribution in [2.75, 3.05) is 13.1 Å². The number of rotatable bonds is 9. The largest absolute Gasteiger partial charge is 0.352 e. The summed E-state index contributed by atoms with van der Waals surface area (Å²) in [5.74, 6) is 0.847. The highest BCUT2D eigenvalue weighted by molar-refractivity contribution is 7.13. The molecule has 180 valence electrons. The van der Waals surface area contributed by atoms with Gasteiger partial charge in [0.2, 0.25) is 0 Å². The number of aromatic amines is 1. The fourth-order valence-electron chi connectivity index (χ4n) is 4.73. The Balaban J connectivity index is 1.01.